The van der Waals surface area contributed by atoms with Crippen LogP contribution in [0, 0.1) is 18.3 Å². The number of ether oxygens (including phenoxy) is 1. The van der Waals surface area contributed by atoms with Crippen LogP contribution in [0.3, 0.4) is 0 Å². The summed E-state index contributed by atoms with van der Waals surface area (Å²) in [4.78, 5) is 2.98. The highest BCUT2D eigenvalue weighted by Gasteiger charge is 2.14. The third-order valence-electron chi connectivity index (χ3n) is 2.92. The van der Waals surface area contributed by atoms with Gasteiger partial charge in [-0.1, -0.05) is 12.1 Å². The van der Waals surface area contributed by atoms with Gasteiger partial charge in [-0.25, -0.2) is 0 Å². The maximum atomic E-state index is 9.32. The van der Waals surface area contributed by atoms with Gasteiger partial charge in [-0.2, -0.15) is 5.26 Å². The third kappa shape index (κ3) is 2.38. The van der Waals surface area contributed by atoms with E-state index in [2.05, 4.69) is 11.1 Å². The molecule has 1 aromatic heterocycles. The predicted molar refractivity (Wildman–Crippen MR) is 70.6 cm³/mol. The van der Waals surface area contributed by atoms with E-state index >= 15 is 0 Å². The zero-order chi connectivity index (χ0) is 13.0. The van der Waals surface area contributed by atoms with Crippen LogP contribution in [0.5, 0.6) is 5.75 Å². The van der Waals surface area contributed by atoms with Crippen LogP contribution in [0.25, 0.3) is 0 Å². The van der Waals surface area contributed by atoms with Crippen molar-refractivity contribution in [3.05, 3.63) is 53.3 Å². The molecule has 0 saturated heterocycles. The van der Waals surface area contributed by atoms with Crippen LogP contribution in [-0.4, -0.2) is 11.6 Å². The van der Waals surface area contributed by atoms with E-state index < -0.39 is 0 Å². The molecule has 1 heterocycles. The lowest BCUT2D eigenvalue weighted by Gasteiger charge is -2.12. The van der Waals surface area contributed by atoms with E-state index in [1.54, 1.807) is 0 Å². The lowest BCUT2D eigenvalue weighted by molar-refractivity contribution is 0.338. The average molecular weight is 240 g/mol. The summed E-state index contributed by atoms with van der Waals surface area (Å²) in [5.41, 5.74) is 3.05. The zero-order valence-corrected chi connectivity index (χ0v) is 10.6. The highest BCUT2D eigenvalue weighted by molar-refractivity contribution is 5.43. The quantitative estimate of drug-likeness (QED) is 0.890. The Morgan fingerprint density at radius 3 is 2.72 bits per heavy atom. The molecule has 1 N–H and O–H groups in total. The number of benzene rings is 1. The second kappa shape index (κ2) is 5.42. The Kier molecular flexibility index (Phi) is 3.69. The molecule has 1 atom stereocenters. The molecule has 0 aliphatic carbocycles. The van der Waals surface area contributed by atoms with Gasteiger partial charge in [-0.15, -0.1) is 0 Å². The monoisotopic (exact) mass is 240 g/mol. The van der Waals surface area contributed by atoms with Crippen molar-refractivity contribution in [1.29, 1.82) is 5.26 Å². The molecule has 0 radical (unpaired) electrons. The minimum absolute atomic E-state index is 0.231. The third-order valence-corrected chi connectivity index (χ3v) is 2.92. The minimum Gasteiger partial charge on any atom is -0.494 e. The molecular formula is C15H16N2O. The largest absolute Gasteiger partial charge is 0.494 e. The Labute approximate surface area is 107 Å². The Hall–Kier alpha value is -2.21. The maximum Gasteiger partial charge on any atom is 0.122 e. The number of rotatable bonds is 4. The van der Waals surface area contributed by atoms with Gasteiger partial charge >= 0.3 is 0 Å². The molecule has 18 heavy (non-hydrogen) atoms. The number of hydrogen-bond acceptors (Lipinski definition) is 2. The van der Waals surface area contributed by atoms with Gasteiger partial charge in [0.25, 0.3) is 0 Å². The maximum absolute atomic E-state index is 9.32. The highest BCUT2D eigenvalue weighted by Crippen LogP contribution is 2.28. The number of hydrogen-bond donors (Lipinski definition) is 1. The summed E-state index contributed by atoms with van der Waals surface area (Å²) in [5, 5.41) is 9.32. The molecule has 0 aliphatic rings. The normalized spacial score (nSPS) is 11.8. The molecular weight excluding hydrogens is 224 g/mol. The van der Waals surface area contributed by atoms with Crippen molar-refractivity contribution < 1.29 is 4.74 Å². The minimum atomic E-state index is -0.231. The topological polar surface area (TPSA) is 48.8 Å². The SMILES string of the molecule is CCOc1ccc(C(C#N)c2cc[nH]c2)cc1C. The summed E-state index contributed by atoms with van der Waals surface area (Å²) < 4.78 is 5.51. The van der Waals surface area contributed by atoms with Gasteiger partial charge in [0.05, 0.1) is 18.6 Å². The summed E-state index contributed by atoms with van der Waals surface area (Å²) in [6.45, 7) is 4.62. The number of nitrogens with one attached hydrogen (secondary N) is 1. The van der Waals surface area contributed by atoms with Gasteiger partial charge in [0.1, 0.15) is 5.75 Å². The molecule has 92 valence electrons. The van der Waals surface area contributed by atoms with Crippen LogP contribution in [0.15, 0.2) is 36.7 Å². The Morgan fingerprint density at radius 2 is 2.17 bits per heavy atom. The highest BCUT2D eigenvalue weighted by atomic mass is 16.5. The number of aryl methyl sites for hydroxylation is 1. The van der Waals surface area contributed by atoms with E-state index in [-0.39, 0.29) is 5.92 Å². The van der Waals surface area contributed by atoms with Crippen molar-refractivity contribution in [3.8, 4) is 11.8 Å². The van der Waals surface area contributed by atoms with E-state index in [9.17, 15) is 5.26 Å². The Balaban J connectivity index is 2.34. The molecule has 0 amide bonds. The van der Waals surface area contributed by atoms with Crippen molar-refractivity contribution in [3.63, 3.8) is 0 Å². The molecule has 0 spiro atoms. The van der Waals surface area contributed by atoms with Crippen molar-refractivity contribution in [2.45, 2.75) is 19.8 Å². The van der Waals surface area contributed by atoms with Gasteiger partial charge in [0.2, 0.25) is 0 Å². The van der Waals surface area contributed by atoms with E-state index in [0.717, 1.165) is 22.4 Å². The summed E-state index contributed by atoms with van der Waals surface area (Å²) in [6, 6.07) is 10.2. The fourth-order valence-corrected chi connectivity index (χ4v) is 2.03. The molecule has 2 aromatic rings. The number of nitrogens with zero attached hydrogens (tertiary/aromatic N) is 1. The summed E-state index contributed by atoms with van der Waals surface area (Å²) >= 11 is 0. The Morgan fingerprint density at radius 1 is 1.33 bits per heavy atom. The first-order chi connectivity index (χ1) is 8.76. The standard InChI is InChI=1S/C15H16N2O/c1-3-18-15-5-4-12(8-11(15)2)14(9-16)13-6-7-17-10-13/h4-8,10,14,17H,3H2,1-2H3. The Bertz CT molecular complexity index is 552. The van der Waals surface area contributed by atoms with Crippen LogP contribution < -0.4 is 4.74 Å². The van der Waals surface area contributed by atoms with Gasteiger partial charge in [0, 0.05) is 12.4 Å². The van der Waals surface area contributed by atoms with Gasteiger partial charge in [-0.05, 0) is 42.7 Å². The molecule has 0 bridgehead atoms. The zero-order valence-electron chi connectivity index (χ0n) is 10.6. The molecule has 3 heteroatoms. The second-order valence-corrected chi connectivity index (χ2v) is 4.16. The van der Waals surface area contributed by atoms with Crippen molar-refractivity contribution >= 4 is 0 Å². The summed E-state index contributed by atoms with van der Waals surface area (Å²) in [6.07, 6.45) is 3.70. The fourth-order valence-electron chi connectivity index (χ4n) is 2.03. The average Bonchev–Trinajstić information content (AvgIpc) is 2.87. The lowest BCUT2D eigenvalue weighted by Crippen LogP contribution is -1.99. The van der Waals surface area contributed by atoms with E-state index in [4.69, 9.17) is 4.74 Å². The first-order valence-corrected chi connectivity index (χ1v) is 6.02. The van der Waals surface area contributed by atoms with Crippen LogP contribution in [0.2, 0.25) is 0 Å². The number of aromatic amines is 1. The molecule has 1 unspecified atom stereocenters. The summed E-state index contributed by atoms with van der Waals surface area (Å²) in [5.74, 6) is 0.651. The van der Waals surface area contributed by atoms with Crippen LogP contribution in [0.1, 0.15) is 29.5 Å². The number of H-pyrrole nitrogens is 1. The first kappa shape index (κ1) is 12.3. The van der Waals surface area contributed by atoms with Crippen LogP contribution in [-0.2, 0) is 0 Å². The van der Waals surface area contributed by atoms with E-state index in [1.165, 1.54) is 0 Å². The molecule has 0 fully saturated rings. The van der Waals surface area contributed by atoms with Crippen LogP contribution in [0.4, 0.5) is 0 Å². The van der Waals surface area contributed by atoms with Crippen molar-refractivity contribution in [1.82, 2.24) is 4.98 Å². The number of aromatic nitrogens is 1. The predicted octanol–water partition coefficient (Wildman–Crippen LogP) is 3.38. The van der Waals surface area contributed by atoms with Crippen molar-refractivity contribution in [2.24, 2.45) is 0 Å². The van der Waals surface area contributed by atoms with E-state index in [0.29, 0.717) is 6.61 Å². The van der Waals surface area contributed by atoms with Gasteiger partial charge in [-0.3, -0.25) is 0 Å². The molecule has 2 rings (SSSR count). The molecule has 3 nitrogen and oxygen atoms in total. The van der Waals surface area contributed by atoms with Gasteiger partial charge < -0.3 is 9.72 Å². The van der Waals surface area contributed by atoms with Crippen molar-refractivity contribution in [2.75, 3.05) is 6.61 Å². The van der Waals surface area contributed by atoms with Gasteiger partial charge in [0.15, 0.2) is 0 Å². The fraction of sp³-hybridized carbons (Fsp3) is 0.267. The molecule has 1 aromatic carbocycles. The van der Waals surface area contributed by atoms with E-state index in [1.807, 2.05) is 50.5 Å². The summed E-state index contributed by atoms with van der Waals surface area (Å²) in [7, 11) is 0. The number of nitriles is 1. The first-order valence-electron chi connectivity index (χ1n) is 6.02. The molecule has 0 aliphatic heterocycles. The second-order valence-electron chi connectivity index (χ2n) is 4.16. The van der Waals surface area contributed by atoms with Crippen LogP contribution >= 0.6 is 0 Å². The smallest absolute Gasteiger partial charge is 0.122 e. The lowest BCUT2D eigenvalue weighted by atomic mass is 9.93. The molecule has 0 saturated carbocycles.